The molecule has 0 spiro atoms. The number of esters is 1. The van der Waals surface area contributed by atoms with Crippen LogP contribution >= 0.6 is 11.3 Å². The van der Waals surface area contributed by atoms with Gasteiger partial charge >= 0.3 is 5.97 Å². The first kappa shape index (κ1) is 20.5. The Balaban J connectivity index is 1.58. The summed E-state index contributed by atoms with van der Waals surface area (Å²) >= 11 is 1.27. The van der Waals surface area contributed by atoms with Gasteiger partial charge in [-0.1, -0.05) is 26.7 Å². The van der Waals surface area contributed by atoms with Gasteiger partial charge in [0.1, 0.15) is 10.8 Å². The van der Waals surface area contributed by atoms with Crippen molar-refractivity contribution in [3.63, 3.8) is 0 Å². The van der Waals surface area contributed by atoms with Gasteiger partial charge in [0.05, 0.1) is 0 Å². The minimum atomic E-state index is -0.895. The monoisotopic (exact) mass is 404 g/mol. The number of halogens is 1. The topological polar surface area (TPSA) is 68.3 Å². The second-order valence-electron chi connectivity index (χ2n) is 7.47. The minimum absolute atomic E-state index is 0.113. The standard InChI is InChI=1S/C21H25FN2O3S/c1-12-5-4-6-17(13(12)2)23-19(25)14(3)27-21(26)18-11-28-20(24-18)15-7-9-16(22)10-8-15/h7-14,17H,4-6H2,1-3H3,(H,23,25)/t12-,13-,14-,17-/m1/s1. The number of thiazole rings is 1. The van der Waals surface area contributed by atoms with Crippen molar-refractivity contribution < 1.29 is 18.7 Å². The predicted molar refractivity (Wildman–Crippen MR) is 106 cm³/mol. The smallest absolute Gasteiger partial charge is 0.358 e. The van der Waals surface area contributed by atoms with E-state index in [1.807, 2.05) is 0 Å². The van der Waals surface area contributed by atoms with Crippen LogP contribution in [-0.2, 0) is 9.53 Å². The van der Waals surface area contributed by atoms with Gasteiger partial charge in [-0.05, 0) is 49.4 Å². The normalized spacial score (nSPS) is 23.1. The molecule has 7 heteroatoms. The highest BCUT2D eigenvalue weighted by Gasteiger charge is 2.30. The zero-order valence-electron chi connectivity index (χ0n) is 16.3. The van der Waals surface area contributed by atoms with Gasteiger partial charge in [0.25, 0.3) is 5.91 Å². The molecule has 1 aliphatic rings. The summed E-state index contributed by atoms with van der Waals surface area (Å²) in [5.74, 6) is -0.290. The third-order valence-electron chi connectivity index (χ3n) is 5.49. The largest absolute Gasteiger partial charge is 0.448 e. The summed E-state index contributed by atoms with van der Waals surface area (Å²) in [6.45, 7) is 5.92. The average molecular weight is 405 g/mol. The maximum absolute atomic E-state index is 13.0. The Kier molecular flexibility index (Phi) is 6.44. The number of hydrogen-bond acceptors (Lipinski definition) is 5. The minimum Gasteiger partial charge on any atom is -0.448 e. The van der Waals surface area contributed by atoms with E-state index in [4.69, 9.17) is 4.74 Å². The van der Waals surface area contributed by atoms with E-state index < -0.39 is 12.1 Å². The van der Waals surface area contributed by atoms with Crippen LogP contribution in [0.3, 0.4) is 0 Å². The predicted octanol–water partition coefficient (Wildman–Crippen LogP) is 4.44. The summed E-state index contributed by atoms with van der Waals surface area (Å²) in [6.07, 6.45) is 2.33. The van der Waals surface area contributed by atoms with Gasteiger partial charge < -0.3 is 10.1 Å². The molecule has 2 aromatic rings. The van der Waals surface area contributed by atoms with E-state index in [1.165, 1.54) is 29.9 Å². The molecule has 1 amide bonds. The molecule has 1 aliphatic carbocycles. The van der Waals surface area contributed by atoms with Crippen molar-refractivity contribution in [1.82, 2.24) is 10.3 Å². The summed E-state index contributed by atoms with van der Waals surface area (Å²) in [5.41, 5.74) is 0.861. The first-order valence-electron chi connectivity index (χ1n) is 9.58. The summed E-state index contributed by atoms with van der Waals surface area (Å²) in [4.78, 5) is 29.0. The summed E-state index contributed by atoms with van der Waals surface area (Å²) in [5, 5.41) is 5.19. The van der Waals surface area contributed by atoms with Gasteiger partial charge in [-0.25, -0.2) is 14.2 Å². The summed E-state index contributed by atoms with van der Waals surface area (Å²) < 4.78 is 18.3. The van der Waals surface area contributed by atoms with Crippen LogP contribution in [0.15, 0.2) is 29.6 Å². The second kappa shape index (κ2) is 8.82. The van der Waals surface area contributed by atoms with Gasteiger partial charge in [-0.15, -0.1) is 11.3 Å². The number of nitrogens with one attached hydrogen (secondary N) is 1. The molecule has 1 aromatic carbocycles. The van der Waals surface area contributed by atoms with Crippen LogP contribution in [0.4, 0.5) is 4.39 Å². The average Bonchev–Trinajstić information content (AvgIpc) is 3.16. The van der Waals surface area contributed by atoms with Crippen LogP contribution in [0.2, 0.25) is 0 Å². The van der Waals surface area contributed by atoms with Crippen LogP contribution in [0.5, 0.6) is 0 Å². The number of nitrogens with zero attached hydrogens (tertiary/aromatic N) is 1. The van der Waals surface area contributed by atoms with Gasteiger partial charge in [0.2, 0.25) is 0 Å². The van der Waals surface area contributed by atoms with E-state index in [-0.39, 0.29) is 23.5 Å². The fourth-order valence-corrected chi connectivity index (χ4v) is 4.25. The van der Waals surface area contributed by atoms with E-state index >= 15 is 0 Å². The van der Waals surface area contributed by atoms with E-state index in [1.54, 1.807) is 24.4 Å². The molecular formula is C21H25FN2O3S. The molecular weight excluding hydrogens is 379 g/mol. The van der Waals surface area contributed by atoms with Crippen molar-refractivity contribution in [2.45, 2.75) is 52.2 Å². The number of hydrogen-bond donors (Lipinski definition) is 1. The first-order valence-corrected chi connectivity index (χ1v) is 10.5. The maximum atomic E-state index is 13.0. The lowest BCUT2D eigenvalue weighted by atomic mass is 9.78. The second-order valence-corrected chi connectivity index (χ2v) is 8.33. The number of rotatable bonds is 5. The number of carbonyl (C=O) groups excluding carboxylic acids is 2. The fourth-order valence-electron chi connectivity index (χ4n) is 3.45. The van der Waals surface area contributed by atoms with Crippen LogP contribution in [0.25, 0.3) is 10.6 Å². The molecule has 1 fully saturated rings. The number of benzene rings is 1. The number of ether oxygens (including phenoxy) is 1. The van der Waals surface area contributed by atoms with E-state index in [0.29, 0.717) is 16.8 Å². The highest BCUT2D eigenvalue weighted by atomic mass is 32.1. The lowest BCUT2D eigenvalue weighted by Gasteiger charge is -2.35. The van der Waals surface area contributed by atoms with Gasteiger partial charge in [-0.2, -0.15) is 0 Å². The zero-order valence-corrected chi connectivity index (χ0v) is 17.1. The number of amides is 1. The molecule has 0 saturated heterocycles. The third kappa shape index (κ3) is 4.76. The van der Waals surface area contributed by atoms with Crippen LogP contribution in [0, 0.1) is 17.7 Å². The fraction of sp³-hybridized carbons (Fsp3) is 0.476. The Morgan fingerprint density at radius 2 is 1.96 bits per heavy atom. The van der Waals surface area contributed by atoms with Gasteiger partial charge in [0, 0.05) is 17.0 Å². The molecule has 1 N–H and O–H groups in total. The van der Waals surface area contributed by atoms with Crippen LogP contribution in [-0.4, -0.2) is 29.0 Å². The SMILES string of the molecule is C[C@@H]1[C@H](C)CCC[C@H]1NC(=O)[C@@H](C)OC(=O)c1csc(-c2ccc(F)cc2)n1. The summed E-state index contributed by atoms with van der Waals surface area (Å²) in [7, 11) is 0. The molecule has 0 radical (unpaired) electrons. The molecule has 0 bridgehead atoms. The molecule has 4 atom stereocenters. The number of carbonyl (C=O) groups is 2. The Labute approximate surface area is 168 Å². The first-order chi connectivity index (χ1) is 13.3. The van der Waals surface area contributed by atoms with Crippen molar-refractivity contribution in [3.05, 3.63) is 41.2 Å². The van der Waals surface area contributed by atoms with Crippen molar-refractivity contribution in [1.29, 1.82) is 0 Å². The van der Waals surface area contributed by atoms with Crippen molar-refractivity contribution in [3.8, 4) is 10.6 Å². The molecule has 1 aromatic heterocycles. The van der Waals surface area contributed by atoms with E-state index in [9.17, 15) is 14.0 Å². The quantitative estimate of drug-likeness (QED) is 0.749. The highest BCUT2D eigenvalue weighted by molar-refractivity contribution is 7.13. The highest BCUT2D eigenvalue weighted by Crippen LogP contribution is 2.29. The Morgan fingerprint density at radius 1 is 1.25 bits per heavy atom. The molecule has 3 rings (SSSR count). The zero-order chi connectivity index (χ0) is 20.3. The van der Waals surface area contributed by atoms with Crippen LogP contribution < -0.4 is 5.32 Å². The van der Waals surface area contributed by atoms with Gasteiger partial charge in [-0.3, -0.25) is 4.79 Å². The summed E-state index contributed by atoms with van der Waals surface area (Å²) in [6, 6.07) is 6.00. The Morgan fingerprint density at radius 3 is 2.68 bits per heavy atom. The third-order valence-corrected chi connectivity index (χ3v) is 6.38. The lowest BCUT2D eigenvalue weighted by molar-refractivity contribution is -0.130. The van der Waals surface area contributed by atoms with Crippen molar-refractivity contribution in [2.75, 3.05) is 0 Å². The molecule has 150 valence electrons. The maximum Gasteiger partial charge on any atom is 0.358 e. The number of aromatic nitrogens is 1. The molecule has 0 aliphatic heterocycles. The van der Waals surface area contributed by atoms with E-state index in [2.05, 4.69) is 24.1 Å². The molecule has 1 heterocycles. The van der Waals surface area contributed by atoms with E-state index in [0.717, 1.165) is 18.4 Å². The molecule has 28 heavy (non-hydrogen) atoms. The lowest BCUT2D eigenvalue weighted by Crippen LogP contribution is -2.47. The Hall–Kier alpha value is -2.28. The molecule has 5 nitrogen and oxygen atoms in total. The van der Waals surface area contributed by atoms with Gasteiger partial charge in [0.15, 0.2) is 11.8 Å². The van der Waals surface area contributed by atoms with Crippen LogP contribution in [0.1, 0.15) is 50.5 Å². The van der Waals surface area contributed by atoms with Crippen molar-refractivity contribution in [2.24, 2.45) is 11.8 Å². The Bertz CT molecular complexity index is 836. The molecule has 1 saturated carbocycles. The van der Waals surface area contributed by atoms with Crippen molar-refractivity contribution >= 4 is 23.2 Å². The molecule has 0 unspecified atom stereocenters.